The second-order valence-electron chi connectivity index (χ2n) is 5.67. The zero-order chi connectivity index (χ0) is 13.2. The Kier molecular flexibility index (Phi) is 3.71. The lowest BCUT2D eigenvalue weighted by Crippen LogP contribution is -2.23. The van der Waals surface area contributed by atoms with Gasteiger partial charge in [0.2, 0.25) is 0 Å². The maximum absolute atomic E-state index is 5.36. The van der Waals surface area contributed by atoms with Crippen LogP contribution in [0.4, 0.5) is 11.6 Å². The van der Waals surface area contributed by atoms with Gasteiger partial charge in [0.25, 0.3) is 0 Å². The van der Waals surface area contributed by atoms with Crippen molar-refractivity contribution < 1.29 is 4.74 Å². The first-order valence-corrected chi connectivity index (χ1v) is 6.40. The minimum Gasteiger partial charge on any atom is -0.379 e. The molecule has 1 saturated heterocycles. The molecule has 1 aliphatic rings. The van der Waals surface area contributed by atoms with E-state index in [1.807, 2.05) is 13.1 Å². The van der Waals surface area contributed by atoms with Crippen molar-refractivity contribution in [1.82, 2.24) is 9.97 Å². The Morgan fingerprint density at radius 1 is 1.28 bits per heavy atom. The van der Waals surface area contributed by atoms with Crippen molar-refractivity contribution in [3.63, 3.8) is 0 Å². The first-order chi connectivity index (χ1) is 8.49. The van der Waals surface area contributed by atoms with E-state index in [2.05, 4.69) is 41.4 Å². The highest BCUT2D eigenvalue weighted by atomic mass is 16.5. The Hall–Kier alpha value is -1.36. The lowest BCUT2D eigenvalue weighted by molar-refractivity contribution is 0.195. The van der Waals surface area contributed by atoms with E-state index in [9.17, 15) is 0 Å². The number of nitrogens with zero attached hydrogens (tertiary/aromatic N) is 2. The van der Waals surface area contributed by atoms with Gasteiger partial charge in [0.05, 0.1) is 12.6 Å². The lowest BCUT2D eigenvalue weighted by Gasteiger charge is -2.20. The van der Waals surface area contributed by atoms with Crippen molar-refractivity contribution in [3.8, 4) is 0 Å². The summed E-state index contributed by atoms with van der Waals surface area (Å²) in [4.78, 5) is 9.10. The number of hydrogen-bond acceptors (Lipinski definition) is 5. The van der Waals surface area contributed by atoms with Crippen LogP contribution in [0.3, 0.4) is 0 Å². The molecule has 0 aliphatic carbocycles. The summed E-state index contributed by atoms with van der Waals surface area (Å²) in [6.07, 6.45) is 1.03. The van der Waals surface area contributed by atoms with Gasteiger partial charge in [-0.1, -0.05) is 20.8 Å². The number of ether oxygens (including phenoxy) is 1. The molecule has 18 heavy (non-hydrogen) atoms. The monoisotopic (exact) mass is 250 g/mol. The van der Waals surface area contributed by atoms with Crippen LogP contribution >= 0.6 is 0 Å². The molecular weight excluding hydrogens is 228 g/mol. The standard InChI is InChI=1S/C13H22N4O/c1-13(2,3)12-16-10(14-4)7-11(17-12)15-9-5-6-18-8-9/h7,9H,5-6,8H2,1-4H3,(H2,14,15,16,17). The summed E-state index contributed by atoms with van der Waals surface area (Å²) in [7, 11) is 1.87. The van der Waals surface area contributed by atoms with Crippen LogP contribution in [0, 0.1) is 0 Å². The van der Waals surface area contributed by atoms with Gasteiger partial charge in [-0.15, -0.1) is 0 Å². The molecule has 1 aromatic heterocycles. The predicted octanol–water partition coefficient (Wildman–Crippen LogP) is 2.02. The van der Waals surface area contributed by atoms with E-state index in [1.54, 1.807) is 0 Å². The third kappa shape index (κ3) is 3.10. The second kappa shape index (κ2) is 5.10. The molecular formula is C13H22N4O. The lowest BCUT2D eigenvalue weighted by atomic mass is 9.96. The van der Waals surface area contributed by atoms with Crippen LogP contribution in [0.1, 0.15) is 33.0 Å². The minimum atomic E-state index is -0.0601. The van der Waals surface area contributed by atoms with Crippen molar-refractivity contribution in [2.45, 2.75) is 38.6 Å². The van der Waals surface area contributed by atoms with Gasteiger partial charge in [0.15, 0.2) is 0 Å². The number of anilines is 2. The summed E-state index contributed by atoms with van der Waals surface area (Å²) in [6, 6.07) is 2.30. The Labute approximate surface area is 108 Å². The number of nitrogens with one attached hydrogen (secondary N) is 2. The van der Waals surface area contributed by atoms with Crippen molar-refractivity contribution in [2.24, 2.45) is 0 Å². The van der Waals surface area contributed by atoms with E-state index in [0.29, 0.717) is 6.04 Å². The van der Waals surface area contributed by atoms with E-state index in [4.69, 9.17) is 4.74 Å². The fourth-order valence-electron chi connectivity index (χ4n) is 1.84. The number of rotatable bonds is 3. The molecule has 2 rings (SSSR count). The molecule has 0 saturated carbocycles. The van der Waals surface area contributed by atoms with Crippen LogP contribution in [-0.4, -0.2) is 36.3 Å². The van der Waals surface area contributed by atoms with Gasteiger partial charge in [0.1, 0.15) is 17.5 Å². The first kappa shape index (κ1) is 13.1. The van der Waals surface area contributed by atoms with Crippen LogP contribution in [-0.2, 0) is 10.2 Å². The molecule has 1 aliphatic heterocycles. The third-order valence-corrected chi connectivity index (χ3v) is 2.93. The fraction of sp³-hybridized carbons (Fsp3) is 0.692. The highest BCUT2D eigenvalue weighted by Gasteiger charge is 2.21. The number of aromatic nitrogens is 2. The molecule has 2 N–H and O–H groups in total. The molecule has 5 heteroatoms. The molecule has 0 spiro atoms. The fourth-order valence-corrected chi connectivity index (χ4v) is 1.84. The van der Waals surface area contributed by atoms with Crippen molar-refractivity contribution in [2.75, 3.05) is 30.9 Å². The molecule has 0 aromatic carbocycles. The van der Waals surface area contributed by atoms with Gasteiger partial charge >= 0.3 is 0 Å². The van der Waals surface area contributed by atoms with E-state index < -0.39 is 0 Å². The molecule has 100 valence electrons. The molecule has 1 fully saturated rings. The summed E-state index contributed by atoms with van der Waals surface area (Å²) < 4.78 is 5.36. The first-order valence-electron chi connectivity index (χ1n) is 6.40. The van der Waals surface area contributed by atoms with E-state index in [-0.39, 0.29) is 5.41 Å². The SMILES string of the molecule is CNc1cc(NC2CCOC2)nc(C(C)(C)C)n1. The smallest absolute Gasteiger partial charge is 0.138 e. The Morgan fingerprint density at radius 3 is 2.56 bits per heavy atom. The predicted molar refractivity (Wildman–Crippen MR) is 73.1 cm³/mol. The topological polar surface area (TPSA) is 59.1 Å². The van der Waals surface area contributed by atoms with Crippen molar-refractivity contribution in [3.05, 3.63) is 11.9 Å². The normalized spacial score (nSPS) is 19.9. The highest BCUT2D eigenvalue weighted by molar-refractivity contribution is 5.48. The van der Waals surface area contributed by atoms with Gasteiger partial charge in [-0.25, -0.2) is 9.97 Å². The molecule has 0 radical (unpaired) electrons. The van der Waals surface area contributed by atoms with Gasteiger partial charge < -0.3 is 15.4 Å². The Balaban J connectivity index is 2.23. The highest BCUT2D eigenvalue weighted by Crippen LogP contribution is 2.23. The summed E-state index contributed by atoms with van der Waals surface area (Å²) in [5, 5.41) is 6.49. The zero-order valence-electron chi connectivity index (χ0n) is 11.6. The summed E-state index contributed by atoms with van der Waals surface area (Å²) in [5.41, 5.74) is -0.0601. The van der Waals surface area contributed by atoms with Crippen LogP contribution in [0.15, 0.2) is 6.07 Å². The molecule has 0 bridgehead atoms. The zero-order valence-corrected chi connectivity index (χ0v) is 11.6. The molecule has 1 atom stereocenters. The maximum atomic E-state index is 5.36. The van der Waals surface area contributed by atoms with Gasteiger partial charge in [0, 0.05) is 25.1 Å². The Morgan fingerprint density at radius 2 is 2.00 bits per heavy atom. The number of hydrogen-bond donors (Lipinski definition) is 2. The quantitative estimate of drug-likeness (QED) is 0.859. The molecule has 0 amide bonds. The van der Waals surface area contributed by atoms with E-state index in [1.165, 1.54) is 0 Å². The largest absolute Gasteiger partial charge is 0.379 e. The average Bonchev–Trinajstić information content (AvgIpc) is 2.80. The maximum Gasteiger partial charge on any atom is 0.138 e. The summed E-state index contributed by atoms with van der Waals surface area (Å²) in [5.74, 6) is 2.56. The van der Waals surface area contributed by atoms with Crippen LogP contribution < -0.4 is 10.6 Å². The van der Waals surface area contributed by atoms with Crippen LogP contribution in [0.2, 0.25) is 0 Å². The molecule has 1 unspecified atom stereocenters. The van der Waals surface area contributed by atoms with Crippen molar-refractivity contribution in [1.29, 1.82) is 0 Å². The van der Waals surface area contributed by atoms with Crippen molar-refractivity contribution >= 4 is 11.6 Å². The molecule has 5 nitrogen and oxygen atoms in total. The molecule has 2 heterocycles. The average molecular weight is 250 g/mol. The van der Waals surface area contributed by atoms with E-state index in [0.717, 1.165) is 37.1 Å². The second-order valence-corrected chi connectivity index (χ2v) is 5.67. The van der Waals surface area contributed by atoms with Gasteiger partial charge in [-0.05, 0) is 6.42 Å². The minimum absolute atomic E-state index is 0.0601. The van der Waals surface area contributed by atoms with Gasteiger partial charge in [-0.2, -0.15) is 0 Å². The van der Waals surface area contributed by atoms with Gasteiger partial charge in [-0.3, -0.25) is 0 Å². The summed E-state index contributed by atoms with van der Waals surface area (Å²) >= 11 is 0. The third-order valence-electron chi connectivity index (χ3n) is 2.93. The van der Waals surface area contributed by atoms with Crippen LogP contribution in [0.25, 0.3) is 0 Å². The Bertz CT molecular complexity index is 408. The molecule has 1 aromatic rings. The van der Waals surface area contributed by atoms with E-state index >= 15 is 0 Å². The van der Waals surface area contributed by atoms with Crippen LogP contribution in [0.5, 0.6) is 0 Å². The summed E-state index contributed by atoms with van der Waals surface area (Å²) in [6.45, 7) is 7.93.